The zero-order valence-corrected chi connectivity index (χ0v) is 23.7. The van der Waals surface area contributed by atoms with Crippen LogP contribution in [0, 0.1) is 33.5 Å². The number of rotatable bonds is 6. The van der Waals surface area contributed by atoms with Crippen molar-refractivity contribution in [3.05, 3.63) is 47.8 Å². The van der Waals surface area contributed by atoms with Gasteiger partial charge in [0.15, 0.2) is 0 Å². The molecule has 0 radical (unpaired) electrons. The molecule has 1 N–H and O–H groups in total. The van der Waals surface area contributed by atoms with Crippen molar-refractivity contribution in [2.45, 2.75) is 104 Å². The van der Waals surface area contributed by atoms with E-state index in [0.29, 0.717) is 11.8 Å². The monoisotopic (exact) mass is 519 g/mol. The van der Waals surface area contributed by atoms with Gasteiger partial charge in [0, 0.05) is 12.0 Å². The molecule has 1 spiro atoms. The van der Waals surface area contributed by atoms with Crippen LogP contribution in [0.25, 0.3) is 0 Å². The molecule has 0 amide bonds. The molecule has 1 heterocycles. The predicted octanol–water partition coefficient (Wildman–Crippen LogP) is 6.07. The lowest BCUT2D eigenvalue weighted by molar-refractivity contribution is -0.185. The number of aryl methyl sites for hydroxylation is 2. The molecule has 7 atom stereocenters. The summed E-state index contributed by atoms with van der Waals surface area (Å²) in [5.74, 6) is 0.827. The van der Waals surface area contributed by atoms with Crippen LogP contribution in [0.5, 0.6) is 0 Å². The van der Waals surface area contributed by atoms with E-state index >= 15 is 0 Å². The highest BCUT2D eigenvalue weighted by Crippen LogP contribution is 2.77. The minimum absolute atomic E-state index is 0.0307. The quantitative estimate of drug-likeness (QED) is 0.469. The van der Waals surface area contributed by atoms with E-state index in [1.54, 1.807) is 7.11 Å². The van der Waals surface area contributed by atoms with Crippen LogP contribution in [0.1, 0.15) is 96.2 Å². The lowest BCUT2D eigenvalue weighted by Crippen LogP contribution is -2.58. The summed E-state index contributed by atoms with van der Waals surface area (Å²) >= 11 is 0. The molecule has 1 aromatic carbocycles. The molecule has 2 bridgehead atoms. The van der Waals surface area contributed by atoms with E-state index in [2.05, 4.69) is 61.4 Å². The van der Waals surface area contributed by atoms with Crippen LogP contribution < -0.4 is 0 Å². The van der Waals surface area contributed by atoms with E-state index in [-0.39, 0.29) is 22.2 Å². The van der Waals surface area contributed by atoms with Gasteiger partial charge < -0.3 is 9.84 Å². The zero-order chi connectivity index (χ0) is 26.8. The second-order valence-electron chi connectivity index (χ2n) is 14.0. The molecular formula is C32H45N3O3. The van der Waals surface area contributed by atoms with E-state index in [0.717, 1.165) is 76.4 Å². The van der Waals surface area contributed by atoms with Crippen LogP contribution in [0.4, 0.5) is 0 Å². The molecule has 0 aliphatic heterocycles. The Balaban J connectivity index is 1.24. The molecule has 6 rings (SSSR count). The number of carbonyl (C=O) groups is 1. The lowest BCUT2D eigenvalue weighted by atomic mass is 9.40. The van der Waals surface area contributed by atoms with Gasteiger partial charge in [-0.3, -0.25) is 9.48 Å². The molecular weight excluding hydrogens is 474 g/mol. The highest BCUT2D eigenvalue weighted by atomic mass is 16.5. The van der Waals surface area contributed by atoms with Gasteiger partial charge in [0.25, 0.3) is 0 Å². The van der Waals surface area contributed by atoms with Crippen molar-refractivity contribution in [3.8, 4) is 0 Å². The largest absolute Gasteiger partial charge is 0.469 e. The number of benzene rings is 1. The fourth-order valence-corrected chi connectivity index (χ4v) is 10.4. The summed E-state index contributed by atoms with van der Waals surface area (Å²) in [7, 11) is 1.54. The Labute approximate surface area is 227 Å². The lowest BCUT2D eigenvalue weighted by Gasteiger charge is -2.64. The number of carbonyl (C=O) groups excluding carboxylic acids is 1. The second kappa shape index (κ2) is 8.90. The maximum atomic E-state index is 13.0. The van der Waals surface area contributed by atoms with Gasteiger partial charge in [0.05, 0.1) is 18.7 Å². The highest BCUT2D eigenvalue weighted by Gasteiger charge is 2.72. The summed E-state index contributed by atoms with van der Waals surface area (Å²) in [6, 6.07) is 10.6. The Morgan fingerprint density at radius 3 is 2.58 bits per heavy atom. The molecule has 6 nitrogen and oxygen atoms in total. The van der Waals surface area contributed by atoms with Gasteiger partial charge in [0.1, 0.15) is 11.3 Å². The van der Waals surface area contributed by atoms with Crippen LogP contribution in [-0.2, 0) is 28.1 Å². The van der Waals surface area contributed by atoms with Gasteiger partial charge in [-0.25, -0.2) is 0 Å². The minimum Gasteiger partial charge on any atom is -0.469 e. The molecule has 6 heteroatoms. The maximum absolute atomic E-state index is 13.0. The zero-order valence-electron chi connectivity index (χ0n) is 23.7. The molecule has 4 aliphatic rings. The van der Waals surface area contributed by atoms with Crippen LogP contribution >= 0.6 is 0 Å². The van der Waals surface area contributed by atoms with Crippen molar-refractivity contribution < 1.29 is 14.6 Å². The fourth-order valence-electron chi connectivity index (χ4n) is 10.4. The van der Waals surface area contributed by atoms with E-state index in [1.165, 1.54) is 12.0 Å². The number of esters is 1. The average Bonchev–Trinajstić information content (AvgIpc) is 3.43. The topological polar surface area (TPSA) is 77.2 Å². The summed E-state index contributed by atoms with van der Waals surface area (Å²) in [4.78, 5) is 13.0. The third-order valence-electron chi connectivity index (χ3n) is 12.1. The van der Waals surface area contributed by atoms with Crippen LogP contribution in [-0.4, -0.2) is 33.2 Å². The number of hydrogen-bond acceptors (Lipinski definition) is 5. The normalized spacial score (nSPS) is 41.8. The first-order valence-corrected chi connectivity index (χ1v) is 14.8. The van der Waals surface area contributed by atoms with Crippen LogP contribution in [0.3, 0.4) is 0 Å². The van der Waals surface area contributed by atoms with Crippen molar-refractivity contribution >= 4 is 5.97 Å². The molecule has 4 aliphatic carbocycles. The number of nitrogens with zero attached hydrogens (tertiary/aromatic N) is 3. The Hall–Kier alpha value is -2.21. The molecule has 4 saturated carbocycles. The third-order valence-corrected chi connectivity index (χ3v) is 12.1. The van der Waals surface area contributed by atoms with Crippen molar-refractivity contribution in [2.75, 3.05) is 7.11 Å². The Morgan fingerprint density at radius 2 is 1.82 bits per heavy atom. The molecule has 4 fully saturated rings. The number of fused-ring (bicyclic) bond motifs is 3. The van der Waals surface area contributed by atoms with Gasteiger partial charge in [-0.05, 0) is 99.4 Å². The van der Waals surface area contributed by atoms with Crippen molar-refractivity contribution in [1.82, 2.24) is 15.0 Å². The minimum atomic E-state index is -0.955. The van der Waals surface area contributed by atoms with Gasteiger partial charge in [-0.2, -0.15) is 0 Å². The van der Waals surface area contributed by atoms with E-state index < -0.39 is 11.0 Å². The predicted molar refractivity (Wildman–Crippen MR) is 146 cm³/mol. The fraction of sp³-hybridized carbons (Fsp3) is 0.719. The summed E-state index contributed by atoms with van der Waals surface area (Å²) in [5, 5.41) is 21.5. The Bertz CT molecular complexity index is 1200. The van der Waals surface area contributed by atoms with E-state index in [4.69, 9.17) is 4.74 Å². The molecule has 0 unspecified atom stereocenters. The number of aliphatic hydroxyl groups is 1. The Kier molecular flexibility index (Phi) is 6.10. The van der Waals surface area contributed by atoms with E-state index in [9.17, 15) is 9.90 Å². The molecule has 2 aromatic rings. The number of aromatic nitrogens is 3. The smallest absolute Gasteiger partial charge is 0.311 e. The third kappa shape index (κ3) is 3.65. The first-order valence-electron chi connectivity index (χ1n) is 14.8. The molecule has 206 valence electrons. The molecule has 1 aromatic heterocycles. The van der Waals surface area contributed by atoms with E-state index in [1.807, 2.05) is 10.9 Å². The summed E-state index contributed by atoms with van der Waals surface area (Å²) in [6.45, 7) is 7.72. The van der Waals surface area contributed by atoms with Crippen LogP contribution in [0.2, 0.25) is 0 Å². The average molecular weight is 520 g/mol. The summed E-state index contributed by atoms with van der Waals surface area (Å²) < 4.78 is 7.28. The van der Waals surface area contributed by atoms with Crippen molar-refractivity contribution in [2.24, 2.45) is 33.5 Å². The van der Waals surface area contributed by atoms with Crippen molar-refractivity contribution in [1.29, 1.82) is 0 Å². The van der Waals surface area contributed by atoms with Gasteiger partial charge in [0.2, 0.25) is 0 Å². The first kappa shape index (κ1) is 26.0. The Morgan fingerprint density at radius 1 is 1.05 bits per heavy atom. The second-order valence-corrected chi connectivity index (χ2v) is 14.0. The summed E-state index contributed by atoms with van der Waals surface area (Å²) in [5.41, 5.74) is 0.735. The van der Waals surface area contributed by atoms with Gasteiger partial charge in [-0.15, -0.1) is 5.10 Å². The van der Waals surface area contributed by atoms with Gasteiger partial charge in [-0.1, -0.05) is 55.8 Å². The number of ether oxygens (including phenoxy) is 1. The maximum Gasteiger partial charge on any atom is 0.311 e. The summed E-state index contributed by atoms with van der Waals surface area (Å²) in [6.07, 6.45) is 13.2. The highest BCUT2D eigenvalue weighted by molar-refractivity contribution is 5.77. The van der Waals surface area contributed by atoms with Crippen LogP contribution in [0.15, 0.2) is 36.5 Å². The first-order chi connectivity index (χ1) is 18.1. The number of hydrogen-bond donors (Lipinski definition) is 1. The van der Waals surface area contributed by atoms with Crippen molar-refractivity contribution in [3.63, 3.8) is 0 Å². The van der Waals surface area contributed by atoms with Gasteiger partial charge >= 0.3 is 5.97 Å². The molecule has 38 heavy (non-hydrogen) atoms. The SMILES string of the molecule is COC(=O)[C@]1(C)CCC[C@@]2(C)[C@@H]3CC[C@@]4(C)C[C@]3(CC[C@@H]21)C[C@]4(O)c1cn(CCCc2ccccc2)nn1. The molecule has 0 saturated heterocycles. The standard InChI is InChI=1S/C32H45N3O3/c1-28-17-13-25-29(2)15-9-16-30(3,27(36)38-4)24(29)14-18-31(25,21-28)22-32(28,37)26-20-35(34-33-26)19-8-12-23-10-6-5-7-11-23/h5-7,10-11,20,24-25,37H,8-9,12-19,21-22H2,1-4H3/t24-,25-,28-,29+,30+,31+,32-/m0/s1. The number of methoxy groups -OCH3 is 1.